The molecule has 1 aliphatic rings. The summed E-state index contributed by atoms with van der Waals surface area (Å²) in [5, 5.41) is 2.78. The van der Waals surface area contributed by atoms with E-state index in [1.54, 1.807) is 12.3 Å². The van der Waals surface area contributed by atoms with Crippen molar-refractivity contribution in [3.05, 3.63) is 106 Å². The second-order valence-corrected chi connectivity index (χ2v) is 8.30. The summed E-state index contributed by atoms with van der Waals surface area (Å²) in [6.07, 6.45) is 1.56. The van der Waals surface area contributed by atoms with Crippen molar-refractivity contribution in [3.8, 4) is 0 Å². The Kier molecular flexibility index (Phi) is 7.00. The monoisotopic (exact) mass is 444 g/mol. The number of carbonyl (C=O) groups excluding carboxylic acids is 2. The average molecular weight is 445 g/mol. The summed E-state index contributed by atoms with van der Waals surface area (Å²) in [6.45, 7) is 2.30. The van der Waals surface area contributed by atoms with E-state index in [0.29, 0.717) is 13.1 Å². The summed E-state index contributed by atoms with van der Waals surface area (Å²) in [6, 6.07) is 22.5. The van der Waals surface area contributed by atoms with Gasteiger partial charge in [0.2, 0.25) is 5.91 Å². The van der Waals surface area contributed by atoms with Crippen LogP contribution in [-0.4, -0.2) is 52.9 Å². The number of hydrogen-bond donors (Lipinski definition) is 1. The fourth-order valence-corrected chi connectivity index (χ4v) is 4.12. The molecule has 1 aliphatic heterocycles. The Hall–Kier alpha value is -3.71. The number of aromatic nitrogens is 1. The van der Waals surface area contributed by atoms with E-state index in [1.807, 2.05) is 72.6 Å². The first-order valence-corrected chi connectivity index (χ1v) is 11.1. The molecule has 1 fully saturated rings. The maximum Gasteiger partial charge on any atom is 0.263 e. The van der Waals surface area contributed by atoms with Crippen LogP contribution in [0.5, 0.6) is 0 Å². The standard InChI is InChI=1S/C26H28N4O3/c1-28-15-16-30(23(18-28)21-11-6-3-7-12-21)24(31)19-29-14-8-13-22(26(29)33)25(32)27-17-20-9-4-2-5-10-20/h2-14,23H,15-19H2,1H3,(H,27,32)/t23-/m0/s1. The van der Waals surface area contributed by atoms with Crippen LogP contribution < -0.4 is 10.9 Å². The first-order valence-electron chi connectivity index (χ1n) is 11.1. The molecule has 0 saturated carbocycles. The summed E-state index contributed by atoms with van der Waals surface area (Å²) in [5.74, 6) is -0.590. The minimum Gasteiger partial charge on any atom is -0.348 e. The van der Waals surface area contributed by atoms with Crippen molar-refractivity contribution in [3.63, 3.8) is 0 Å². The topological polar surface area (TPSA) is 74.7 Å². The third-order valence-corrected chi connectivity index (χ3v) is 5.95. The molecule has 0 bridgehead atoms. The molecule has 0 unspecified atom stereocenters. The number of nitrogens with one attached hydrogen (secondary N) is 1. The van der Waals surface area contributed by atoms with Gasteiger partial charge in [0, 0.05) is 32.4 Å². The minimum atomic E-state index is -0.471. The maximum absolute atomic E-state index is 13.2. The molecule has 1 saturated heterocycles. The summed E-state index contributed by atoms with van der Waals surface area (Å²) in [7, 11) is 2.04. The molecule has 33 heavy (non-hydrogen) atoms. The number of pyridine rings is 1. The minimum absolute atomic E-state index is 0.0271. The van der Waals surface area contributed by atoms with Crippen LogP contribution in [0, 0.1) is 0 Å². The quantitative estimate of drug-likeness (QED) is 0.633. The predicted molar refractivity (Wildman–Crippen MR) is 127 cm³/mol. The Balaban J connectivity index is 1.48. The number of piperazine rings is 1. The summed E-state index contributed by atoms with van der Waals surface area (Å²) in [4.78, 5) is 42.9. The van der Waals surface area contributed by atoms with Crippen LogP contribution in [0.1, 0.15) is 27.5 Å². The second kappa shape index (κ2) is 10.3. The van der Waals surface area contributed by atoms with Crippen LogP contribution in [-0.2, 0) is 17.9 Å². The van der Waals surface area contributed by atoms with E-state index < -0.39 is 11.5 Å². The smallest absolute Gasteiger partial charge is 0.263 e. The van der Waals surface area contributed by atoms with Gasteiger partial charge in [-0.2, -0.15) is 0 Å². The van der Waals surface area contributed by atoms with Crippen LogP contribution in [0.4, 0.5) is 0 Å². The normalized spacial score (nSPS) is 16.4. The highest BCUT2D eigenvalue weighted by molar-refractivity contribution is 5.93. The predicted octanol–water partition coefficient (Wildman–Crippen LogP) is 2.29. The highest BCUT2D eigenvalue weighted by Crippen LogP contribution is 2.25. The molecule has 1 N–H and O–H groups in total. The second-order valence-electron chi connectivity index (χ2n) is 8.30. The van der Waals surface area contributed by atoms with Crippen molar-refractivity contribution in [1.82, 2.24) is 19.7 Å². The van der Waals surface area contributed by atoms with Gasteiger partial charge >= 0.3 is 0 Å². The van der Waals surface area contributed by atoms with Crippen molar-refractivity contribution >= 4 is 11.8 Å². The van der Waals surface area contributed by atoms with Crippen LogP contribution >= 0.6 is 0 Å². The van der Waals surface area contributed by atoms with E-state index in [9.17, 15) is 14.4 Å². The van der Waals surface area contributed by atoms with Gasteiger partial charge in [0.05, 0.1) is 6.04 Å². The van der Waals surface area contributed by atoms with Gasteiger partial charge < -0.3 is 19.7 Å². The molecular weight excluding hydrogens is 416 g/mol. The van der Waals surface area contributed by atoms with Gasteiger partial charge in [-0.3, -0.25) is 14.4 Å². The lowest BCUT2D eigenvalue weighted by atomic mass is 10.0. The van der Waals surface area contributed by atoms with E-state index in [-0.39, 0.29) is 24.1 Å². The van der Waals surface area contributed by atoms with Gasteiger partial charge in [0.1, 0.15) is 12.1 Å². The lowest BCUT2D eigenvalue weighted by molar-refractivity contribution is -0.136. The van der Waals surface area contributed by atoms with Crippen LogP contribution in [0.2, 0.25) is 0 Å². The maximum atomic E-state index is 13.2. The number of hydrogen-bond acceptors (Lipinski definition) is 4. The summed E-state index contributed by atoms with van der Waals surface area (Å²) in [5.41, 5.74) is 1.57. The van der Waals surface area contributed by atoms with Gasteiger partial charge in [-0.1, -0.05) is 60.7 Å². The van der Waals surface area contributed by atoms with Crippen LogP contribution in [0.3, 0.4) is 0 Å². The molecule has 170 valence electrons. The number of likely N-dealkylation sites (N-methyl/N-ethyl adjacent to an activating group) is 1. The SMILES string of the molecule is CN1CCN(C(=O)Cn2cccc(C(=O)NCc3ccccc3)c2=O)[C@H](c2ccccc2)C1. The van der Waals surface area contributed by atoms with Crippen molar-refractivity contribution in [1.29, 1.82) is 0 Å². The molecule has 4 rings (SSSR count). The zero-order valence-electron chi connectivity index (χ0n) is 18.7. The first kappa shape index (κ1) is 22.5. The Bertz CT molecular complexity index is 1160. The Labute approximate surface area is 193 Å². The summed E-state index contributed by atoms with van der Waals surface area (Å²) < 4.78 is 1.32. The zero-order valence-corrected chi connectivity index (χ0v) is 18.7. The van der Waals surface area contributed by atoms with Gasteiger partial charge in [0.25, 0.3) is 11.5 Å². The van der Waals surface area contributed by atoms with E-state index in [4.69, 9.17) is 0 Å². The third kappa shape index (κ3) is 5.38. The molecule has 0 aliphatic carbocycles. The average Bonchev–Trinajstić information content (AvgIpc) is 2.85. The van der Waals surface area contributed by atoms with Crippen molar-refractivity contribution in [2.45, 2.75) is 19.1 Å². The number of rotatable bonds is 6. The highest BCUT2D eigenvalue weighted by atomic mass is 16.2. The molecule has 7 nitrogen and oxygen atoms in total. The van der Waals surface area contributed by atoms with E-state index in [2.05, 4.69) is 10.2 Å². The van der Waals surface area contributed by atoms with Gasteiger partial charge in [-0.05, 0) is 30.3 Å². The molecule has 3 aromatic rings. The van der Waals surface area contributed by atoms with Crippen molar-refractivity contribution in [2.75, 3.05) is 26.7 Å². The van der Waals surface area contributed by atoms with Gasteiger partial charge in [0.15, 0.2) is 0 Å². The van der Waals surface area contributed by atoms with Gasteiger partial charge in [-0.25, -0.2) is 0 Å². The molecule has 2 amide bonds. The highest BCUT2D eigenvalue weighted by Gasteiger charge is 2.30. The molecule has 0 spiro atoms. The number of nitrogens with zero attached hydrogens (tertiary/aromatic N) is 3. The number of benzene rings is 2. The third-order valence-electron chi connectivity index (χ3n) is 5.95. The summed E-state index contributed by atoms with van der Waals surface area (Å²) >= 11 is 0. The number of carbonyl (C=O) groups is 2. The fourth-order valence-electron chi connectivity index (χ4n) is 4.12. The Morgan fingerprint density at radius 3 is 2.36 bits per heavy atom. The molecule has 1 atom stereocenters. The lowest BCUT2D eigenvalue weighted by Gasteiger charge is -2.40. The van der Waals surface area contributed by atoms with Gasteiger partial charge in [-0.15, -0.1) is 0 Å². The van der Waals surface area contributed by atoms with Crippen LogP contribution in [0.25, 0.3) is 0 Å². The molecule has 7 heteroatoms. The van der Waals surface area contributed by atoms with E-state index in [1.165, 1.54) is 10.6 Å². The van der Waals surface area contributed by atoms with Crippen molar-refractivity contribution < 1.29 is 9.59 Å². The van der Waals surface area contributed by atoms with E-state index >= 15 is 0 Å². The molecule has 1 aromatic heterocycles. The van der Waals surface area contributed by atoms with E-state index in [0.717, 1.165) is 24.2 Å². The Morgan fingerprint density at radius 1 is 0.939 bits per heavy atom. The fraction of sp³-hybridized carbons (Fsp3) is 0.269. The number of amides is 2. The first-order chi connectivity index (χ1) is 16.0. The molecular formula is C26H28N4O3. The lowest BCUT2D eigenvalue weighted by Crippen LogP contribution is -2.50. The zero-order chi connectivity index (χ0) is 23.2. The largest absolute Gasteiger partial charge is 0.348 e. The molecule has 2 aromatic carbocycles. The van der Waals surface area contributed by atoms with Crippen LogP contribution in [0.15, 0.2) is 83.8 Å². The molecule has 2 heterocycles. The Morgan fingerprint density at radius 2 is 1.64 bits per heavy atom. The molecule has 0 radical (unpaired) electrons. The van der Waals surface area contributed by atoms with Crippen molar-refractivity contribution in [2.24, 2.45) is 0 Å².